The van der Waals surface area contributed by atoms with Crippen molar-refractivity contribution < 1.29 is 14.3 Å². The monoisotopic (exact) mass is 377 g/mol. The van der Waals surface area contributed by atoms with Gasteiger partial charge in [0, 0.05) is 42.9 Å². The van der Waals surface area contributed by atoms with Crippen molar-refractivity contribution in [3.63, 3.8) is 0 Å². The second-order valence-electron chi connectivity index (χ2n) is 6.19. The zero-order valence-corrected chi connectivity index (χ0v) is 15.7. The maximum Gasteiger partial charge on any atom is 0.319 e. The van der Waals surface area contributed by atoms with Gasteiger partial charge in [0.2, 0.25) is 0 Å². The average molecular weight is 377 g/mol. The standard InChI is InChI=1S/C22H23N3O3/c1-27-16-19-6-2-3-7-21(19)25-22(26)24-14-17-8-10-20(11-9-17)28-15-18-5-4-12-23-13-18/h2-13H,14-16H2,1H3,(H2,24,25,26). The number of hydrogen-bond donors (Lipinski definition) is 2. The Morgan fingerprint density at radius 3 is 2.54 bits per heavy atom. The fourth-order valence-electron chi connectivity index (χ4n) is 2.63. The van der Waals surface area contributed by atoms with Gasteiger partial charge in [-0.1, -0.05) is 36.4 Å². The second kappa shape index (κ2) is 10.1. The number of carbonyl (C=O) groups is 1. The normalized spacial score (nSPS) is 10.3. The Hall–Kier alpha value is -3.38. The third kappa shape index (κ3) is 5.82. The van der Waals surface area contributed by atoms with Gasteiger partial charge < -0.3 is 20.1 Å². The Balaban J connectivity index is 1.47. The highest BCUT2D eigenvalue weighted by Crippen LogP contribution is 2.16. The summed E-state index contributed by atoms with van der Waals surface area (Å²) in [5, 5.41) is 5.71. The summed E-state index contributed by atoms with van der Waals surface area (Å²) in [5.41, 5.74) is 3.66. The van der Waals surface area contributed by atoms with Crippen LogP contribution in [0.15, 0.2) is 73.1 Å². The number of nitrogens with zero attached hydrogens (tertiary/aromatic N) is 1. The molecular weight excluding hydrogens is 354 g/mol. The topological polar surface area (TPSA) is 72.5 Å². The number of urea groups is 1. The van der Waals surface area contributed by atoms with Crippen LogP contribution in [0.1, 0.15) is 16.7 Å². The van der Waals surface area contributed by atoms with E-state index in [1.165, 1.54) is 0 Å². The highest BCUT2D eigenvalue weighted by Gasteiger charge is 2.06. The maximum atomic E-state index is 12.2. The Bertz CT molecular complexity index is 883. The van der Waals surface area contributed by atoms with Gasteiger partial charge in [0.1, 0.15) is 12.4 Å². The summed E-state index contributed by atoms with van der Waals surface area (Å²) in [5.74, 6) is 0.769. The van der Waals surface area contributed by atoms with E-state index >= 15 is 0 Å². The fourth-order valence-corrected chi connectivity index (χ4v) is 2.63. The van der Waals surface area contributed by atoms with Crippen LogP contribution in [0.4, 0.5) is 10.5 Å². The molecule has 0 aliphatic heterocycles. The molecule has 6 nitrogen and oxygen atoms in total. The van der Waals surface area contributed by atoms with E-state index in [-0.39, 0.29) is 6.03 Å². The molecule has 28 heavy (non-hydrogen) atoms. The number of aromatic nitrogens is 1. The van der Waals surface area contributed by atoms with Crippen molar-refractivity contribution in [1.29, 1.82) is 0 Å². The number of rotatable bonds is 8. The van der Waals surface area contributed by atoms with Crippen molar-refractivity contribution in [3.05, 3.63) is 89.7 Å². The zero-order valence-electron chi connectivity index (χ0n) is 15.7. The first kappa shape index (κ1) is 19.4. The molecule has 3 aromatic rings. The Morgan fingerprint density at radius 1 is 0.964 bits per heavy atom. The quantitative estimate of drug-likeness (QED) is 0.619. The van der Waals surface area contributed by atoms with Crippen molar-refractivity contribution in [2.45, 2.75) is 19.8 Å². The van der Waals surface area contributed by atoms with Gasteiger partial charge in [0.05, 0.1) is 6.61 Å². The van der Waals surface area contributed by atoms with E-state index in [1.807, 2.05) is 60.7 Å². The molecule has 144 valence electrons. The van der Waals surface area contributed by atoms with E-state index in [4.69, 9.17) is 9.47 Å². The lowest BCUT2D eigenvalue weighted by Crippen LogP contribution is -2.28. The molecule has 0 aliphatic rings. The predicted molar refractivity (Wildman–Crippen MR) is 108 cm³/mol. The van der Waals surface area contributed by atoms with Crippen LogP contribution in [-0.4, -0.2) is 18.1 Å². The van der Waals surface area contributed by atoms with Crippen molar-refractivity contribution in [3.8, 4) is 5.75 Å². The number of hydrogen-bond acceptors (Lipinski definition) is 4. The summed E-state index contributed by atoms with van der Waals surface area (Å²) in [4.78, 5) is 16.2. The first-order chi connectivity index (χ1) is 13.7. The summed E-state index contributed by atoms with van der Waals surface area (Å²) < 4.78 is 10.9. The Kier molecular flexibility index (Phi) is 6.98. The third-order valence-electron chi connectivity index (χ3n) is 4.07. The van der Waals surface area contributed by atoms with Gasteiger partial charge in [0.25, 0.3) is 0 Å². The molecule has 0 saturated carbocycles. The van der Waals surface area contributed by atoms with Crippen LogP contribution in [0, 0.1) is 0 Å². The first-order valence-corrected chi connectivity index (χ1v) is 8.97. The summed E-state index contributed by atoms with van der Waals surface area (Å²) in [7, 11) is 1.63. The molecule has 0 spiro atoms. The lowest BCUT2D eigenvalue weighted by atomic mass is 10.2. The minimum absolute atomic E-state index is 0.263. The van der Waals surface area contributed by atoms with Crippen molar-refractivity contribution in [2.75, 3.05) is 12.4 Å². The van der Waals surface area contributed by atoms with Gasteiger partial charge in [-0.05, 0) is 29.8 Å². The van der Waals surface area contributed by atoms with E-state index in [0.29, 0.717) is 19.8 Å². The van der Waals surface area contributed by atoms with E-state index < -0.39 is 0 Å². The third-order valence-corrected chi connectivity index (χ3v) is 4.07. The predicted octanol–water partition coefficient (Wildman–Crippen LogP) is 4.13. The van der Waals surface area contributed by atoms with Crippen LogP contribution in [0.25, 0.3) is 0 Å². The Labute approximate surface area is 164 Å². The molecule has 1 aromatic heterocycles. The van der Waals surface area contributed by atoms with Crippen LogP contribution >= 0.6 is 0 Å². The number of methoxy groups -OCH3 is 1. The van der Waals surface area contributed by atoms with E-state index in [9.17, 15) is 4.79 Å². The van der Waals surface area contributed by atoms with Gasteiger partial charge in [-0.3, -0.25) is 4.98 Å². The van der Waals surface area contributed by atoms with E-state index in [0.717, 1.165) is 28.1 Å². The van der Waals surface area contributed by atoms with Crippen molar-refractivity contribution >= 4 is 11.7 Å². The molecule has 0 fully saturated rings. The molecule has 2 aromatic carbocycles. The van der Waals surface area contributed by atoms with Gasteiger partial charge in [-0.15, -0.1) is 0 Å². The zero-order chi connectivity index (χ0) is 19.6. The van der Waals surface area contributed by atoms with Crippen molar-refractivity contribution in [1.82, 2.24) is 10.3 Å². The average Bonchev–Trinajstić information content (AvgIpc) is 2.74. The summed E-state index contributed by atoms with van der Waals surface area (Å²) in [6.07, 6.45) is 3.51. The van der Waals surface area contributed by atoms with Gasteiger partial charge >= 0.3 is 6.03 Å². The number of benzene rings is 2. The largest absolute Gasteiger partial charge is 0.489 e. The number of para-hydroxylation sites is 1. The molecule has 0 bridgehead atoms. The minimum Gasteiger partial charge on any atom is -0.489 e. The maximum absolute atomic E-state index is 12.2. The lowest BCUT2D eigenvalue weighted by molar-refractivity contribution is 0.185. The van der Waals surface area contributed by atoms with Crippen LogP contribution in [0.5, 0.6) is 5.75 Å². The van der Waals surface area contributed by atoms with Crippen LogP contribution in [0.3, 0.4) is 0 Å². The minimum atomic E-state index is -0.263. The summed E-state index contributed by atoms with van der Waals surface area (Å²) in [6, 6.07) is 18.8. The highest BCUT2D eigenvalue weighted by molar-refractivity contribution is 5.90. The molecule has 2 amide bonds. The van der Waals surface area contributed by atoms with Gasteiger partial charge in [-0.25, -0.2) is 4.79 Å². The molecule has 3 rings (SSSR count). The number of amides is 2. The highest BCUT2D eigenvalue weighted by atomic mass is 16.5. The SMILES string of the molecule is COCc1ccccc1NC(=O)NCc1ccc(OCc2cccnc2)cc1. The first-order valence-electron chi connectivity index (χ1n) is 8.97. The van der Waals surface area contributed by atoms with E-state index in [1.54, 1.807) is 19.5 Å². The van der Waals surface area contributed by atoms with Crippen LogP contribution in [0.2, 0.25) is 0 Å². The Morgan fingerprint density at radius 2 is 1.79 bits per heavy atom. The number of carbonyl (C=O) groups excluding carboxylic acids is 1. The molecular formula is C22H23N3O3. The van der Waals surface area contributed by atoms with Gasteiger partial charge in [-0.2, -0.15) is 0 Å². The molecule has 6 heteroatoms. The van der Waals surface area contributed by atoms with Crippen LogP contribution < -0.4 is 15.4 Å². The molecule has 2 N–H and O–H groups in total. The van der Waals surface area contributed by atoms with Crippen molar-refractivity contribution in [2.24, 2.45) is 0 Å². The number of pyridine rings is 1. The fraction of sp³-hybridized carbons (Fsp3) is 0.182. The molecule has 0 saturated heterocycles. The lowest BCUT2D eigenvalue weighted by Gasteiger charge is -2.12. The van der Waals surface area contributed by atoms with E-state index in [2.05, 4.69) is 15.6 Å². The summed E-state index contributed by atoms with van der Waals surface area (Å²) in [6.45, 7) is 1.33. The molecule has 0 atom stereocenters. The van der Waals surface area contributed by atoms with Crippen LogP contribution in [-0.2, 0) is 24.5 Å². The summed E-state index contributed by atoms with van der Waals surface area (Å²) >= 11 is 0. The number of nitrogens with one attached hydrogen (secondary N) is 2. The molecule has 0 unspecified atom stereocenters. The molecule has 1 heterocycles. The molecule has 0 radical (unpaired) electrons. The second-order valence-corrected chi connectivity index (χ2v) is 6.19. The molecule has 0 aliphatic carbocycles. The van der Waals surface area contributed by atoms with Gasteiger partial charge in [0.15, 0.2) is 0 Å². The smallest absolute Gasteiger partial charge is 0.319 e. The number of anilines is 1. The number of ether oxygens (including phenoxy) is 2.